The molecule has 1 aromatic heterocycles. The van der Waals surface area contributed by atoms with Gasteiger partial charge in [0.1, 0.15) is 0 Å². The van der Waals surface area contributed by atoms with Crippen molar-refractivity contribution in [3.63, 3.8) is 0 Å². The first-order valence-electron chi connectivity index (χ1n) is 5.83. The van der Waals surface area contributed by atoms with Crippen LogP contribution in [0.15, 0.2) is 24.3 Å². The van der Waals surface area contributed by atoms with Gasteiger partial charge >= 0.3 is 0 Å². The Kier molecular flexibility index (Phi) is 4.01. The molecular formula is C12H17N5O. The Balaban J connectivity index is 2.02. The van der Waals surface area contributed by atoms with E-state index in [0.29, 0.717) is 12.2 Å². The maximum Gasteiger partial charge on any atom is 0.177 e. The topological polar surface area (TPSA) is 75.9 Å². The first-order valence-corrected chi connectivity index (χ1v) is 5.83. The Morgan fingerprint density at radius 3 is 2.61 bits per heavy atom. The zero-order valence-corrected chi connectivity index (χ0v) is 10.5. The van der Waals surface area contributed by atoms with Crippen LogP contribution in [0.5, 0.6) is 0 Å². The monoisotopic (exact) mass is 247 g/mol. The van der Waals surface area contributed by atoms with Gasteiger partial charge in [0.2, 0.25) is 0 Å². The zero-order valence-electron chi connectivity index (χ0n) is 10.5. The van der Waals surface area contributed by atoms with Gasteiger partial charge in [-0.15, -0.1) is 10.2 Å². The molecule has 18 heavy (non-hydrogen) atoms. The summed E-state index contributed by atoms with van der Waals surface area (Å²) in [6, 6.07) is 7.85. The maximum absolute atomic E-state index is 10.1. The predicted octanol–water partition coefficient (Wildman–Crippen LogP) is 0.206. The summed E-state index contributed by atoms with van der Waals surface area (Å²) in [6.45, 7) is 0.822. The summed E-state index contributed by atoms with van der Waals surface area (Å²) in [4.78, 5) is 1.39. The number of aliphatic hydroxyl groups excluding tert-OH is 1. The molecule has 0 amide bonds. The fourth-order valence-electron chi connectivity index (χ4n) is 1.76. The number of aliphatic hydroxyl groups is 1. The summed E-state index contributed by atoms with van der Waals surface area (Å²) >= 11 is 0. The Labute approximate surface area is 106 Å². The van der Waals surface area contributed by atoms with Gasteiger partial charge in [-0.2, -0.15) is 4.80 Å². The molecule has 96 valence electrons. The van der Waals surface area contributed by atoms with Crippen molar-refractivity contribution < 1.29 is 5.11 Å². The second-order valence-electron chi connectivity index (χ2n) is 4.19. The minimum absolute atomic E-state index is 0.374. The molecule has 2 aromatic rings. The standard InChI is InChI=1S/C12H17N5O/c1-13-8-9-3-5-10(6-4-9)11(18)7-12-14-16-17(2)15-12/h3-6,11,13,18H,7-8H2,1-2H3. The van der Waals surface area contributed by atoms with Crippen molar-refractivity contribution in [1.29, 1.82) is 0 Å². The van der Waals surface area contributed by atoms with Crippen LogP contribution in [-0.4, -0.2) is 32.4 Å². The third-order valence-electron chi connectivity index (χ3n) is 2.67. The van der Waals surface area contributed by atoms with Crippen molar-refractivity contribution in [2.24, 2.45) is 7.05 Å². The fourth-order valence-corrected chi connectivity index (χ4v) is 1.76. The fraction of sp³-hybridized carbons (Fsp3) is 0.417. The Hall–Kier alpha value is -1.79. The highest BCUT2D eigenvalue weighted by molar-refractivity contribution is 5.24. The number of benzene rings is 1. The number of tetrazole rings is 1. The van der Waals surface area contributed by atoms with Crippen LogP contribution in [0, 0.1) is 0 Å². The Bertz CT molecular complexity index is 493. The SMILES string of the molecule is CNCc1ccc(C(O)Cc2nnn(C)n2)cc1. The van der Waals surface area contributed by atoms with Gasteiger partial charge in [-0.05, 0) is 23.4 Å². The number of nitrogens with zero attached hydrogens (tertiary/aromatic N) is 4. The van der Waals surface area contributed by atoms with Crippen LogP contribution in [0.3, 0.4) is 0 Å². The van der Waals surface area contributed by atoms with Crippen molar-refractivity contribution >= 4 is 0 Å². The second-order valence-corrected chi connectivity index (χ2v) is 4.19. The van der Waals surface area contributed by atoms with Crippen LogP contribution in [-0.2, 0) is 20.0 Å². The highest BCUT2D eigenvalue weighted by Gasteiger charge is 2.11. The average molecular weight is 247 g/mol. The Morgan fingerprint density at radius 2 is 2.06 bits per heavy atom. The summed E-state index contributed by atoms with van der Waals surface area (Å²) in [7, 11) is 3.61. The lowest BCUT2D eigenvalue weighted by molar-refractivity contribution is 0.175. The summed E-state index contributed by atoms with van der Waals surface area (Å²) in [5, 5.41) is 24.8. The molecule has 2 N–H and O–H groups in total. The van der Waals surface area contributed by atoms with Gasteiger partial charge in [0, 0.05) is 13.0 Å². The summed E-state index contributed by atoms with van der Waals surface area (Å²) in [5.41, 5.74) is 2.05. The average Bonchev–Trinajstić information content (AvgIpc) is 2.76. The van der Waals surface area contributed by atoms with Gasteiger partial charge in [0.15, 0.2) is 5.82 Å². The molecular weight excluding hydrogens is 230 g/mol. The molecule has 1 atom stereocenters. The molecule has 6 nitrogen and oxygen atoms in total. The first kappa shape index (κ1) is 12.7. The summed E-state index contributed by atoms with van der Waals surface area (Å²) < 4.78 is 0. The lowest BCUT2D eigenvalue weighted by Gasteiger charge is -2.09. The first-order chi connectivity index (χ1) is 8.69. The van der Waals surface area contributed by atoms with Gasteiger partial charge in [0.25, 0.3) is 0 Å². The molecule has 0 aliphatic rings. The van der Waals surface area contributed by atoms with E-state index in [1.54, 1.807) is 7.05 Å². The van der Waals surface area contributed by atoms with E-state index in [2.05, 4.69) is 20.7 Å². The molecule has 0 saturated heterocycles. The molecule has 0 bridgehead atoms. The molecule has 0 fully saturated rings. The van der Waals surface area contributed by atoms with E-state index in [0.717, 1.165) is 12.1 Å². The predicted molar refractivity (Wildman–Crippen MR) is 66.7 cm³/mol. The van der Waals surface area contributed by atoms with Crippen LogP contribution >= 0.6 is 0 Å². The number of hydrogen-bond donors (Lipinski definition) is 2. The molecule has 6 heteroatoms. The molecule has 0 aliphatic carbocycles. The van der Waals surface area contributed by atoms with Gasteiger partial charge in [-0.1, -0.05) is 24.3 Å². The molecule has 0 saturated carbocycles. The van der Waals surface area contributed by atoms with Crippen LogP contribution in [0.1, 0.15) is 23.1 Å². The number of hydrogen-bond acceptors (Lipinski definition) is 5. The van der Waals surface area contributed by atoms with Crippen LogP contribution < -0.4 is 5.32 Å². The van der Waals surface area contributed by atoms with Gasteiger partial charge in [0.05, 0.1) is 13.2 Å². The largest absolute Gasteiger partial charge is 0.388 e. The van der Waals surface area contributed by atoms with Crippen molar-refractivity contribution in [2.45, 2.75) is 19.1 Å². The third kappa shape index (κ3) is 3.12. The van der Waals surface area contributed by atoms with Crippen molar-refractivity contribution in [1.82, 2.24) is 25.5 Å². The maximum atomic E-state index is 10.1. The van der Waals surface area contributed by atoms with E-state index in [1.807, 2.05) is 31.3 Å². The van der Waals surface area contributed by atoms with Gasteiger partial charge < -0.3 is 10.4 Å². The number of nitrogens with one attached hydrogen (secondary N) is 1. The molecule has 1 heterocycles. The van der Waals surface area contributed by atoms with Gasteiger partial charge in [-0.3, -0.25) is 0 Å². The van der Waals surface area contributed by atoms with E-state index in [1.165, 1.54) is 10.4 Å². The van der Waals surface area contributed by atoms with E-state index in [-0.39, 0.29) is 0 Å². The smallest absolute Gasteiger partial charge is 0.177 e. The van der Waals surface area contributed by atoms with Crippen molar-refractivity contribution in [2.75, 3.05) is 7.05 Å². The molecule has 0 aliphatic heterocycles. The molecule has 1 unspecified atom stereocenters. The number of aromatic nitrogens is 4. The van der Waals surface area contributed by atoms with E-state index in [4.69, 9.17) is 0 Å². The highest BCUT2D eigenvalue weighted by atomic mass is 16.3. The molecule has 0 spiro atoms. The minimum Gasteiger partial charge on any atom is -0.388 e. The quantitative estimate of drug-likeness (QED) is 0.789. The van der Waals surface area contributed by atoms with E-state index >= 15 is 0 Å². The van der Waals surface area contributed by atoms with Gasteiger partial charge in [-0.25, -0.2) is 0 Å². The Morgan fingerprint density at radius 1 is 1.33 bits per heavy atom. The third-order valence-corrected chi connectivity index (χ3v) is 2.67. The van der Waals surface area contributed by atoms with Crippen LogP contribution in [0.4, 0.5) is 0 Å². The summed E-state index contributed by atoms with van der Waals surface area (Å²) in [5.74, 6) is 0.546. The molecule has 2 rings (SSSR count). The second kappa shape index (κ2) is 5.70. The normalized spacial score (nSPS) is 12.6. The lowest BCUT2D eigenvalue weighted by atomic mass is 10.0. The van der Waals surface area contributed by atoms with Crippen molar-refractivity contribution in [3.8, 4) is 0 Å². The minimum atomic E-state index is -0.599. The number of aryl methyl sites for hydroxylation is 1. The van der Waals surface area contributed by atoms with Crippen LogP contribution in [0.25, 0.3) is 0 Å². The highest BCUT2D eigenvalue weighted by Crippen LogP contribution is 2.16. The van der Waals surface area contributed by atoms with Crippen LogP contribution in [0.2, 0.25) is 0 Å². The number of rotatable bonds is 5. The zero-order chi connectivity index (χ0) is 13.0. The lowest BCUT2D eigenvalue weighted by Crippen LogP contribution is -2.06. The summed E-state index contributed by atoms with van der Waals surface area (Å²) in [6.07, 6.45) is -0.225. The molecule has 1 aromatic carbocycles. The van der Waals surface area contributed by atoms with E-state index < -0.39 is 6.10 Å². The molecule has 0 radical (unpaired) electrons. The van der Waals surface area contributed by atoms with Crippen molar-refractivity contribution in [3.05, 3.63) is 41.2 Å². The van der Waals surface area contributed by atoms with E-state index in [9.17, 15) is 5.11 Å².